The summed E-state index contributed by atoms with van der Waals surface area (Å²) in [6.45, 7) is 0. The fourth-order valence-corrected chi connectivity index (χ4v) is 2.07. The molecular weight excluding hydrogens is 230 g/mol. The van der Waals surface area contributed by atoms with E-state index in [1.165, 1.54) is 0 Å². The van der Waals surface area contributed by atoms with Crippen molar-refractivity contribution < 1.29 is 0 Å². The number of benzene rings is 3. The van der Waals surface area contributed by atoms with Crippen LogP contribution in [0.2, 0.25) is 0 Å². The van der Waals surface area contributed by atoms with E-state index in [9.17, 15) is 0 Å². The highest BCUT2D eigenvalue weighted by Crippen LogP contribution is 2.23. The summed E-state index contributed by atoms with van der Waals surface area (Å²) in [5, 5.41) is 2.20. The number of nitrogens with two attached hydrogens (primary N) is 1. The molecule has 0 bridgehead atoms. The molecule has 0 unspecified atom stereocenters. The van der Waals surface area contributed by atoms with Gasteiger partial charge in [0.15, 0.2) is 0 Å². The van der Waals surface area contributed by atoms with Crippen molar-refractivity contribution >= 4 is 16.5 Å². The Bertz CT molecular complexity index is 777. The number of rotatable bonds is 0. The van der Waals surface area contributed by atoms with E-state index in [0.717, 1.165) is 27.6 Å². The zero-order chi connectivity index (χ0) is 13.1. The molecule has 0 amide bonds. The predicted octanol–water partition coefficient (Wildman–Crippen LogP) is 3.82. The Labute approximate surface area is 112 Å². The Morgan fingerprint density at radius 2 is 1.42 bits per heavy atom. The monoisotopic (exact) mass is 243 g/mol. The summed E-state index contributed by atoms with van der Waals surface area (Å²) in [7, 11) is 0. The first-order chi connectivity index (χ1) is 9.34. The molecule has 2 N–H and O–H groups in total. The summed E-state index contributed by atoms with van der Waals surface area (Å²) in [6, 6.07) is 22.0. The topological polar surface area (TPSA) is 26.0 Å². The molecule has 0 radical (unpaired) electrons. The third-order valence-corrected chi connectivity index (χ3v) is 3.09. The van der Waals surface area contributed by atoms with Gasteiger partial charge in [-0.3, -0.25) is 0 Å². The molecule has 0 saturated carbocycles. The fraction of sp³-hybridized carbons (Fsp3) is 0. The second-order valence-corrected chi connectivity index (χ2v) is 4.36. The van der Waals surface area contributed by atoms with Gasteiger partial charge in [0.2, 0.25) is 0 Å². The quantitative estimate of drug-likeness (QED) is 0.471. The minimum absolute atomic E-state index is 0.751. The lowest BCUT2D eigenvalue weighted by atomic mass is 10.0. The molecule has 0 spiro atoms. The molecule has 1 heteroatoms. The SMILES string of the molecule is Nc1c(C#Cc2ccccc2)ccc2ccccc12. The molecule has 0 aliphatic heterocycles. The summed E-state index contributed by atoms with van der Waals surface area (Å²) in [6.07, 6.45) is 0. The smallest absolute Gasteiger partial charge is 0.0552 e. The Balaban J connectivity index is 2.08. The van der Waals surface area contributed by atoms with Crippen molar-refractivity contribution in [2.75, 3.05) is 5.73 Å². The zero-order valence-corrected chi connectivity index (χ0v) is 10.4. The van der Waals surface area contributed by atoms with Crippen molar-refractivity contribution in [3.05, 3.63) is 77.9 Å². The highest BCUT2D eigenvalue weighted by atomic mass is 14.6. The number of hydrogen-bond donors (Lipinski definition) is 1. The number of fused-ring (bicyclic) bond motifs is 1. The van der Waals surface area contributed by atoms with Gasteiger partial charge in [0.25, 0.3) is 0 Å². The van der Waals surface area contributed by atoms with Gasteiger partial charge >= 0.3 is 0 Å². The Morgan fingerprint density at radius 1 is 0.684 bits per heavy atom. The van der Waals surface area contributed by atoms with E-state index in [1.807, 2.05) is 54.6 Å². The Morgan fingerprint density at radius 3 is 2.26 bits per heavy atom. The molecule has 0 atom stereocenters. The number of nitrogen functional groups attached to an aromatic ring is 1. The maximum absolute atomic E-state index is 6.18. The van der Waals surface area contributed by atoms with Crippen molar-refractivity contribution in [3.63, 3.8) is 0 Å². The van der Waals surface area contributed by atoms with Crippen molar-refractivity contribution in [1.82, 2.24) is 0 Å². The lowest BCUT2D eigenvalue weighted by molar-refractivity contribution is 1.63. The van der Waals surface area contributed by atoms with Crippen LogP contribution >= 0.6 is 0 Å². The summed E-state index contributed by atoms with van der Waals surface area (Å²) in [4.78, 5) is 0. The lowest BCUT2D eigenvalue weighted by Gasteiger charge is -2.03. The molecule has 90 valence electrons. The molecule has 0 heterocycles. The standard InChI is InChI=1S/C18H13N/c19-18-16(11-10-14-6-2-1-3-7-14)13-12-15-8-4-5-9-17(15)18/h1-9,12-13H,19H2. The van der Waals surface area contributed by atoms with Crippen molar-refractivity contribution in [1.29, 1.82) is 0 Å². The fourth-order valence-electron chi connectivity index (χ4n) is 2.07. The van der Waals surface area contributed by atoms with Gasteiger partial charge in [-0.1, -0.05) is 60.4 Å². The second-order valence-electron chi connectivity index (χ2n) is 4.36. The first kappa shape index (κ1) is 11.4. The van der Waals surface area contributed by atoms with E-state index < -0.39 is 0 Å². The van der Waals surface area contributed by atoms with Gasteiger partial charge in [0.1, 0.15) is 0 Å². The largest absolute Gasteiger partial charge is 0.397 e. The van der Waals surface area contributed by atoms with Crippen molar-refractivity contribution in [2.24, 2.45) is 0 Å². The maximum Gasteiger partial charge on any atom is 0.0552 e. The molecule has 0 aliphatic carbocycles. The lowest BCUT2D eigenvalue weighted by Crippen LogP contribution is -1.91. The molecule has 3 aromatic carbocycles. The molecular formula is C18H13N. The van der Waals surface area contributed by atoms with Crippen molar-refractivity contribution in [2.45, 2.75) is 0 Å². The summed E-state index contributed by atoms with van der Waals surface area (Å²) >= 11 is 0. The van der Waals surface area contributed by atoms with Crippen LogP contribution in [-0.2, 0) is 0 Å². The van der Waals surface area contributed by atoms with E-state index in [-0.39, 0.29) is 0 Å². The van der Waals surface area contributed by atoms with Crippen LogP contribution in [-0.4, -0.2) is 0 Å². The van der Waals surface area contributed by atoms with E-state index in [2.05, 4.69) is 24.0 Å². The van der Waals surface area contributed by atoms with Crippen LogP contribution in [0.25, 0.3) is 10.8 Å². The van der Waals surface area contributed by atoms with Gasteiger partial charge < -0.3 is 5.73 Å². The van der Waals surface area contributed by atoms with E-state index in [4.69, 9.17) is 5.73 Å². The minimum Gasteiger partial charge on any atom is -0.397 e. The summed E-state index contributed by atoms with van der Waals surface area (Å²) < 4.78 is 0. The summed E-state index contributed by atoms with van der Waals surface area (Å²) in [5.74, 6) is 6.28. The molecule has 19 heavy (non-hydrogen) atoms. The average Bonchev–Trinajstić information content (AvgIpc) is 2.48. The van der Waals surface area contributed by atoms with Crippen LogP contribution in [0.1, 0.15) is 11.1 Å². The molecule has 0 fully saturated rings. The molecule has 3 aromatic rings. The van der Waals surface area contributed by atoms with Crippen molar-refractivity contribution in [3.8, 4) is 11.8 Å². The molecule has 0 aromatic heterocycles. The first-order valence-electron chi connectivity index (χ1n) is 6.19. The van der Waals surface area contributed by atoms with E-state index >= 15 is 0 Å². The van der Waals surface area contributed by atoms with Crippen LogP contribution in [0.15, 0.2) is 66.7 Å². The Kier molecular flexibility index (Phi) is 2.92. The Hall–Kier alpha value is -2.72. The molecule has 1 nitrogen and oxygen atoms in total. The van der Waals surface area contributed by atoms with Gasteiger partial charge in [-0.05, 0) is 23.6 Å². The van der Waals surface area contributed by atoms with Crippen LogP contribution in [0.4, 0.5) is 5.69 Å². The van der Waals surface area contributed by atoms with Crippen LogP contribution in [0.5, 0.6) is 0 Å². The van der Waals surface area contributed by atoms with Gasteiger partial charge in [-0.2, -0.15) is 0 Å². The maximum atomic E-state index is 6.18. The zero-order valence-electron chi connectivity index (χ0n) is 10.4. The normalized spacial score (nSPS) is 9.89. The summed E-state index contributed by atoms with van der Waals surface area (Å²) in [5.41, 5.74) is 8.80. The third kappa shape index (κ3) is 2.29. The third-order valence-electron chi connectivity index (χ3n) is 3.09. The highest BCUT2D eigenvalue weighted by molar-refractivity contribution is 5.95. The average molecular weight is 243 g/mol. The molecule has 0 aliphatic rings. The van der Waals surface area contributed by atoms with E-state index in [1.54, 1.807) is 0 Å². The van der Waals surface area contributed by atoms with Gasteiger partial charge in [0.05, 0.1) is 5.69 Å². The van der Waals surface area contributed by atoms with E-state index in [0.29, 0.717) is 0 Å². The minimum atomic E-state index is 0.751. The first-order valence-corrected chi connectivity index (χ1v) is 6.19. The van der Waals surface area contributed by atoms with Crippen LogP contribution in [0.3, 0.4) is 0 Å². The predicted molar refractivity (Wildman–Crippen MR) is 80.8 cm³/mol. The highest BCUT2D eigenvalue weighted by Gasteiger charge is 2.01. The molecule has 3 rings (SSSR count). The van der Waals surface area contributed by atoms with Crippen LogP contribution < -0.4 is 5.73 Å². The number of anilines is 1. The van der Waals surface area contributed by atoms with Gasteiger partial charge in [-0.15, -0.1) is 0 Å². The number of hydrogen-bond acceptors (Lipinski definition) is 1. The van der Waals surface area contributed by atoms with Gasteiger partial charge in [0, 0.05) is 16.5 Å². The van der Waals surface area contributed by atoms with Gasteiger partial charge in [-0.25, -0.2) is 0 Å². The van der Waals surface area contributed by atoms with Crippen LogP contribution in [0, 0.1) is 11.8 Å². The molecule has 0 saturated heterocycles. The second kappa shape index (κ2) is 4.88.